The van der Waals surface area contributed by atoms with Crippen molar-refractivity contribution in [3.05, 3.63) is 22.9 Å². The molecular weight excluding hydrogens is 175 g/mol. The summed E-state index contributed by atoms with van der Waals surface area (Å²) in [5.74, 6) is -0.521. The largest absolute Gasteiger partial charge is 0.229 e. The molecule has 2 nitrogen and oxygen atoms in total. The highest BCUT2D eigenvalue weighted by atomic mass is 79.9. The maximum absolute atomic E-state index is 12.0. The van der Waals surface area contributed by atoms with Crippen molar-refractivity contribution >= 4 is 15.9 Å². The van der Waals surface area contributed by atoms with Gasteiger partial charge >= 0.3 is 0 Å². The van der Waals surface area contributed by atoms with Crippen LogP contribution in [0.15, 0.2) is 17.0 Å². The Morgan fingerprint density at radius 2 is 2.25 bits per heavy atom. The van der Waals surface area contributed by atoms with E-state index in [-0.39, 0.29) is 0 Å². The van der Waals surface area contributed by atoms with Crippen LogP contribution in [0.2, 0.25) is 0 Å². The van der Waals surface area contributed by atoms with E-state index in [1.54, 1.807) is 0 Å². The molecule has 4 heteroatoms. The molecule has 0 radical (unpaired) electrons. The van der Waals surface area contributed by atoms with Crippen LogP contribution in [0.25, 0.3) is 0 Å². The molecule has 0 aliphatic heterocycles. The summed E-state index contributed by atoms with van der Waals surface area (Å²) in [4.78, 5) is 6.84. The van der Waals surface area contributed by atoms with Crippen LogP contribution in [0, 0.1) is 5.95 Å². The third-order valence-electron chi connectivity index (χ3n) is 0.600. The molecule has 0 fully saturated rings. The molecule has 1 aromatic heterocycles. The van der Waals surface area contributed by atoms with Crippen LogP contribution in [-0.2, 0) is 0 Å². The molecule has 0 saturated carbocycles. The molecule has 42 valence electrons. The fourth-order valence-corrected chi connectivity index (χ4v) is 0.592. The number of aromatic nitrogens is 2. The number of nitrogens with zero attached hydrogens (tertiary/aromatic N) is 2. The summed E-state index contributed by atoms with van der Waals surface area (Å²) in [6.07, 6.45) is 1.15. The molecule has 1 rings (SSSR count). The van der Waals surface area contributed by atoms with E-state index in [2.05, 4.69) is 25.9 Å². The van der Waals surface area contributed by atoms with Crippen molar-refractivity contribution in [1.82, 2.24) is 9.97 Å². The van der Waals surface area contributed by atoms with Crippen LogP contribution < -0.4 is 0 Å². The van der Waals surface area contributed by atoms with E-state index in [9.17, 15) is 4.39 Å². The molecule has 0 spiro atoms. The second-order valence-electron chi connectivity index (χ2n) is 1.16. The van der Waals surface area contributed by atoms with E-state index in [1.807, 2.05) is 0 Å². The Labute approximate surface area is 53.9 Å². The first-order valence-electron chi connectivity index (χ1n) is 1.92. The number of hydrogen-bond donors (Lipinski definition) is 0. The van der Waals surface area contributed by atoms with Crippen molar-refractivity contribution in [2.75, 3.05) is 0 Å². The molecule has 0 N–H and O–H groups in total. The van der Waals surface area contributed by atoms with Gasteiger partial charge in [0.05, 0.1) is 0 Å². The van der Waals surface area contributed by atoms with Crippen LogP contribution in [0.3, 0.4) is 0 Å². The third-order valence-corrected chi connectivity index (χ3v) is 1.03. The molecule has 0 bridgehead atoms. The van der Waals surface area contributed by atoms with Gasteiger partial charge < -0.3 is 0 Å². The Morgan fingerprint density at radius 1 is 1.50 bits per heavy atom. The highest BCUT2D eigenvalue weighted by Crippen LogP contribution is 2.02. The summed E-state index contributed by atoms with van der Waals surface area (Å²) in [6, 6.07) is 1.19. The van der Waals surface area contributed by atoms with Gasteiger partial charge in [-0.2, -0.15) is 4.39 Å². The SMILES string of the molecule is Fc1cc(Br)ncn1. The summed E-state index contributed by atoms with van der Waals surface area (Å²) < 4.78 is 12.4. The highest BCUT2D eigenvalue weighted by molar-refractivity contribution is 9.10. The molecule has 0 aliphatic rings. The van der Waals surface area contributed by atoms with Crippen LogP contribution in [0.5, 0.6) is 0 Å². The van der Waals surface area contributed by atoms with Gasteiger partial charge in [-0.1, -0.05) is 0 Å². The van der Waals surface area contributed by atoms with Crippen molar-refractivity contribution in [2.45, 2.75) is 0 Å². The minimum atomic E-state index is -0.521. The van der Waals surface area contributed by atoms with Crippen molar-refractivity contribution in [1.29, 1.82) is 0 Å². The van der Waals surface area contributed by atoms with Gasteiger partial charge in [-0.25, -0.2) is 9.97 Å². The van der Waals surface area contributed by atoms with E-state index in [4.69, 9.17) is 0 Å². The van der Waals surface area contributed by atoms with E-state index < -0.39 is 5.95 Å². The maximum atomic E-state index is 12.0. The van der Waals surface area contributed by atoms with Gasteiger partial charge in [-0.05, 0) is 15.9 Å². The Bertz CT molecular complexity index is 174. The lowest BCUT2D eigenvalue weighted by atomic mass is 10.7. The zero-order valence-corrected chi connectivity index (χ0v) is 5.39. The molecular formula is C4H2BrFN2. The quantitative estimate of drug-likeness (QED) is 0.559. The third kappa shape index (κ3) is 1.23. The highest BCUT2D eigenvalue weighted by Gasteiger charge is 1.89. The predicted octanol–water partition coefficient (Wildman–Crippen LogP) is 1.38. The maximum Gasteiger partial charge on any atom is 0.217 e. The summed E-state index contributed by atoms with van der Waals surface area (Å²) >= 11 is 2.97. The Morgan fingerprint density at radius 3 is 2.62 bits per heavy atom. The molecule has 1 aromatic rings. The lowest BCUT2D eigenvalue weighted by Crippen LogP contribution is -1.82. The number of hydrogen-bond acceptors (Lipinski definition) is 2. The summed E-state index contributed by atoms with van der Waals surface area (Å²) in [6.45, 7) is 0. The Hall–Kier alpha value is -0.510. The number of halogens is 2. The van der Waals surface area contributed by atoms with Gasteiger partial charge in [0, 0.05) is 6.07 Å². The number of rotatable bonds is 0. The topological polar surface area (TPSA) is 25.8 Å². The molecule has 0 amide bonds. The van der Waals surface area contributed by atoms with Crippen molar-refractivity contribution in [3.63, 3.8) is 0 Å². The van der Waals surface area contributed by atoms with Gasteiger partial charge in [0.1, 0.15) is 10.9 Å². The normalized spacial score (nSPS) is 9.25. The van der Waals surface area contributed by atoms with Crippen molar-refractivity contribution < 1.29 is 4.39 Å². The van der Waals surface area contributed by atoms with E-state index in [0.717, 1.165) is 6.33 Å². The van der Waals surface area contributed by atoms with E-state index in [0.29, 0.717) is 4.60 Å². The molecule has 0 unspecified atom stereocenters. The van der Waals surface area contributed by atoms with Crippen molar-refractivity contribution in [2.24, 2.45) is 0 Å². The molecule has 0 saturated heterocycles. The van der Waals surface area contributed by atoms with Gasteiger partial charge in [-0.3, -0.25) is 0 Å². The summed E-state index contributed by atoms with van der Waals surface area (Å²) in [7, 11) is 0. The van der Waals surface area contributed by atoms with Gasteiger partial charge in [0.15, 0.2) is 0 Å². The first-order chi connectivity index (χ1) is 3.79. The molecule has 0 atom stereocenters. The standard InChI is InChI=1S/C4H2BrFN2/c5-3-1-4(6)8-2-7-3/h1-2H. The average molecular weight is 177 g/mol. The van der Waals surface area contributed by atoms with E-state index >= 15 is 0 Å². The minimum Gasteiger partial charge on any atom is -0.229 e. The predicted molar refractivity (Wildman–Crippen MR) is 29.7 cm³/mol. The van der Waals surface area contributed by atoms with Crippen LogP contribution in [-0.4, -0.2) is 9.97 Å². The average Bonchev–Trinajstić information content (AvgIpc) is 1.64. The van der Waals surface area contributed by atoms with Crippen LogP contribution >= 0.6 is 15.9 Å². The summed E-state index contributed by atoms with van der Waals surface area (Å²) in [5, 5.41) is 0. The summed E-state index contributed by atoms with van der Waals surface area (Å²) in [5.41, 5.74) is 0. The van der Waals surface area contributed by atoms with Gasteiger partial charge in [0.2, 0.25) is 5.95 Å². The Kier molecular flexibility index (Phi) is 1.53. The molecule has 0 aromatic carbocycles. The molecule has 1 heterocycles. The monoisotopic (exact) mass is 176 g/mol. The molecule has 8 heavy (non-hydrogen) atoms. The lowest BCUT2D eigenvalue weighted by Gasteiger charge is -1.84. The van der Waals surface area contributed by atoms with Crippen molar-refractivity contribution in [3.8, 4) is 0 Å². The zero-order chi connectivity index (χ0) is 5.98. The van der Waals surface area contributed by atoms with Crippen LogP contribution in [0.4, 0.5) is 4.39 Å². The van der Waals surface area contributed by atoms with Crippen LogP contribution in [0.1, 0.15) is 0 Å². The smallest absolute Gasteiger partial charge is 0.217 e. The van der Waals surface area contributed by atoms with Gasteiger partial charge in [0.25, 0.3) is 0 Å². The first kappa shape index (κ1) is 5.62. The fraction of sp³-hybridized carbons (Fsp3) is 0. The lowest BCUT2D eigenvalue weighted by molar-refractivity contribution is 0.578. The second-order valence-corrected chi connectivity index (χ2v) is 1.98. The zero-order valence-electron chi connectivity index (χ0n) is 3.81. The molecule has 0 aliphatic carbocycles. The van der Waals surface area contributed by atoms with E-state index in [1.165, 1.54) is 6.07 Å². The van der Waals surface area contributed by atoms with Gasteiger partial charge in [-0.15, -0.1) is 0 Å². The fourth-order valence-electron chi connectivity index (χ4n) is 0.312. The Balaban J connectivity index is 3.08. The second kappa shape index (κ2) is 2.17. The first-order valence-corrected chi connectivity index (χ1v) is 2.71. The minimum absolute atomic E-state index is 0.463.